The number of methoxy groups -OCH3 is 1. The van der Waals surface area contributed by atoms with Gasteiger partial charge < -0.3 is 14.6 Å². The van der Waals surface area contributed by atoms with Gasteiger partial charge in [0.05, 0.1) is 7.11 Å². The number of rotatable bonds is 5. The Hall–Kier alpha value is -1.55. The van der Waals surface area contributed by atoms with E-state index in [0.29, 0.717) is 5.54 Å². The maximum Gasteiger partial charge on any atom is 0.330 e. The van der Waals surface area contributed by atoms with Gasteiger partial charge in [0.25, 0.3) is 0 Å². The standard InChI is InChI=1S/C20H28N2O2/c1-22-13-17(8-18(22)3-4-19(23)24-2)12-21-20-9-14-5-15(10-20)7-16(6-14)11-20/h3-4,8,13-16,21H,5-7,9-12H2,1-2H3. The highest BCUT2D eigenvalue weighted by Gasteiger charge is 2.50. The van der Waals surface area contributed by atoms with Gasteiger partial charge in [0.2, 0.25) is 0 Å². The van der Waals surface area contributed by atoms with Crippen molar-refractivity contribution in [3.8, 4) is 0 Å². The second-order valence-corrected chi connectivity index (χ2v) is 8.29. The van der Waals surface area contributed by atoms with Crippen LogP contribution in [0.3, 0.4) is 0 Å². The lowest BCUT2D eigenvalue weighted by atomic mass is 9.53. The molecule has 4 fully saturated rings. The van der Waals surface area contributed by atoms with Crippen LogP contribution in [0, 0.1) is 17.8 Å². The summed E-state index contributed by atoms with van der Waals surface area (Å²) in [5.41, 5.74) is 2.72. The van der Waals surface area contributed by atoms with Crippen molar-refractivity contribution in [1.82, 2.24) is 9.88 Å². The molecule has 1 aromatic heterocycles. The molecule has 1 heterocycles. The fraction of sp³-hybridized carbons (Fsp3) is 0.650. The molecule has 130 valence electrons. The first-order valence-corrected chi connectivity index (χ1v) is 9.21. The molecule has 0 aromatic carbocycles. The summed E-state index contributed by atoms with van der Waals surface area (Å²) < 4.78 is 6.72. The van der Waals surface area contributed by atoms with Crippen molar-refractivity contribution in [2.45, 2.75) is 50.6 Å². The lowest BCUT2D eigenvalue weighted by molar-refractivity contribution is -0.134. The molecule has 0 spiro atoms. The first-order chi connectivity index (χ1) is 11.5. The third kappa shape index (κ3) is 3.04. The van der Waals surface area contributed by atoms with Gasteiger partial charge in [-0.05, 0) is 74.0 Å². The minimum absolute atomic E-state index is 0.315. The highest BCUT2D eigenvalue weighted by Crippen LogP contribution is 2.55. The molecular weight excluding hydrogens is 300 g/mol. The lowest BCUT2D eigenvalue weighted by Crippen LogP contribution is -2.58. The average molecular weight is 328 g/mol. The van der Waals surface area contributed by atoms with Crippen molar-refractivity contribution < 1.29 is 9.53 Å². The van der Waals surface area contributed by atoms with Gasteiger partial charge in [-0.3, -0.25) is 0 Å². The smallest absolute Gasteiger partial charge is 0.330 e. The number of nitrogens with one attached hydrogen (secondary N) is 1. The molecule has 5 rings (SSSR count). The fourth-order valence-electron chi connectivity index (χ4n) is 5.75. The van der Waals surface area contributed by atoms with E-state index in [2.05, 4.69) is 26.9 Å². The molecule has 4 aliphatic rings. The van der Waals surface area contributed by atoms with Gasteiger partial charge >= 0.3 is 5.97 Å². The Balaban J connectivity index is 1.41. The summed E-state index contributed by atoms with van der Waals surface area (Å²) in [6.45, 7) is 0.923. The van der Waals surface area contributed by atoms with Crippen molar-refractivity contribution in [3.63, 3.8) is 0 Å². The number of carbonyl (C=O) groups excluding carboxylic acids is 1. The van der Waals surface area contributed by atoms with Gasteiger partial charge in [-0.2, -0.15) is 0 Å². The largest absolute Gasteiger partial charge is 0.466 e. The van der Waals surface area contributed by atoms with Crippen LogP contribution < -0.4 is 5.32 Å². The van der Waals surface area contributed by atoms with Crippen LogP contribution in [0.5, 0.6) is 0 Å². The Morgan fingerprint density at radius 3 is 2.50 bits per heavy atom. The summed E-state index contributed by atoms with van der Waals surface area (Å²) in [6.07, 6.45) is 14.0. The van der Waals surface area contributed by atoms with Crippen LogP contribution in [-0.2, 0) is 23.1 Å². The fourth-order valence-corrected chi connectivity index (χ4v) is 5.75. The number of nitrogens with zero attached hydrogens (tertiary/aromatic N) is 1. The van der Waals surface area contributed by atoms with Gasteiger partial charge in [0, 0.05) is 37.1 Å². The Morgan fingerprint density at radius 2 is 1.92 bits per heavy atom. The number of carbonyl (C=O) groups is 1. The Bertz CT molecular complexity index is 623. The summed E-state index contributed by atoms with van der Waals surface area (Å²) in [5, 5.41) is 3.93. The van der Waals surface area contributed by atoms with Crippen LogP contribution in [-0.4, -0.2) is 23.2 Å². The van der Waals surface area contributed by atoms with E-state index < -0.39 is 0 Å². The van der Waals surface area contributed by atoms with Crippen LogP contribution >= 0.6 is 0 Å². The van der Waals surface area contributed by atoms with Crippen LogP contribution in [0.15, 0.2) is 18.3 Å². The Morgan fingerprint density at radius 1 is 1.29 bits per heavy atom. The molecule has 4 bridgehead atoms. The molecular formula is C20H28N2O2. The number of ether oxygens (including phenoxy) is 1. The van der Waals surface area contributed by atoms with Crippen LogP contribution in [0.25, 0.3) is 6.08 Å². The van der Waals surface area contributed by atoms with Crippen molar-refractivity contribution >= 4 is 12.0 Å². The highest BCUT2D eigenvalue weighted by molar-refractivity contribution is 5.86. The summed E-state index contributed by atoms with van der Waals surface area (Å²) >= 11 is 0. The molecule has 0 radical (unpaired) electrons. The monoisotopic (exact) mass is 328 g/mol. The zero-order chi connectivity index (χ0) is 16.7. The molecule has 4 heteroatoms. The van der Waals surface area contributed by atoms with Gasteiger partial charge in [0.1, 0.15) is 0 Å². The molecule has 0 aliphatic heterocycles. The summed E-state index contributed by atoms with van der Waals surface area (Å²) in [5.74, 6) is 2.60. The highest BCUT2D eigenvalue weighted by atomic mass is 16.5. The molecule has 0 saturated heterocycles. The summed E-state index contributed by atoms with van der Waals surface area (Å²) in [6, 6.07) is 2.16. The summed E-state index contributed by atoms with van der Waals surface area (Å²) in [4.78, 5) is 11.3. The molecule has 1 aromatic rings. The minimum atomic E-state index is -0.315. The lowest BCUT2D eigenvalue weighted by Gasteiger charge is -2.57. The number of aromatic nitrogens is 1. The molecule has 4 aliphatic carbocycles. The topological polar surface area (TPSA) is 43.3 Å². The van der Waals surface area contributed by atoms with Gasteiger partial charge in [-0.25, -0.2) is 4.79 Å². The van der Waals surface area contributed by atoms with E-state index in [4.69, 9.17) is 0 Å². The van der Waals surface area contributed by atoms with Crippen molar-refractivity contribution in [2.75, 3.05) is 7.11 Å². The van der Waals surface area contributed by atoms with Gasteiger partial charge in [-0.15, -0.1) is 0 Å². The number of hydrogen-bond acceptors (Lipinski definition) is 3. The van der Waals surface area contributed by atoms with Crippen molar-refractivity contribution in [1.29, 1.82) is 0 Å². The molecule has 0 atom stereocenters. The van der Waals surface area contributed by atoms with E-state index in [1.165, 1.54) is 57.3 Å². The Labute approximate surface area is 144 Å². The SMILES string of the molecule is COC(=O)C=Cc1cc(CNC23CC4CC(CC(C4)C2)C3)cn1C. The van der Waals surface area contributed by atoms with E-state index in [-0.39, 0.29) is 5.97 Å². The average Bonchev–Trinajstić information content (AvgIpc) is 2.89. The maximum absolute atomic E-state index is 11.3. The number of esters is 1. The molecule has 0 amide bonds. The first-order valence-electron chi connectivity index (χ1n) is 9.21. The second-order valence-electron chi connectivity index (χ2n) is 8.29. The quantitative estimate of drug-likeness (QED) is 0.666. The molecule has 24 heavy (non-hydrogen) atoms. The second kappa shape index (κ2) is 6.07. The normalized spacial score (nSPS) is 34.2. The van der Waals surface area contributed by atoms with Crippen molar-refractivity contribution in [2.24, 2.45) is 24.8 Å². The van der Waals surface area contributed by atoms with Crippen molar-refractivity contribution in [3.05, 3.63) is 29.6 Å². The minimum Gasteiger partial charge on any atom is -0.466 e. The molecule has 4 saturated carbocycles. The van der Waals surface area contributed by atoms with Crippen LogP contribution in [0.2, 0.25) is 0 Å². The first kappa shape index (κ1) is 15.9. The molecule has 0 unspecified atom stereocenters. The van der Waals surface area contributed by atoms with Gasteiger partial charge in [0.15, 0.2) is 0 Å². The Kier molecular flexibility index (Phi) is 4.03. The number of hydrogen-bond donors (Lipinski definition) is 1. The third-order valence-corrected chi connectivity index (χ3v) is 6.40. The van der Waals surface area contributed by atoms with E-state index in [0.717, 1.165) is 30.0 Å². The van der Waals surface area contributed by atoms with E-state index in [1.807, 2.05) is 13.1 Å². The van der Waals surface area contributed by atoms with Crippen LogP contribution in [0.4, 0.5) is 0 Å². The van der Waals surface area contributed by atoms with Crippen LogP contribution in [0.1, 0.15) is 49.8 Å². The molecule has 4 nitrogen and oxygen atoms in total. The zero-order valence-corrected chi connectivity index (χ0v) is 14.8. The van der Waals surface area contributed by atoms with Gasteiger partial charge in [-0.1, -0.05) is 0 Å². The third-order valence-electron chi connectivity index (χ3n) is 6.40. The predicted octanol–water partition coefficient (Wildman–Crippen LogP) is 3.27. The van der Waals surface area contributed by atoms with E-state index >= 15 is 0 Å². The summed E-state index contributed by atoms with van der Waals surface area (Å²) in [7, 11) is 3.42. The number of aryl methyl sites for hydroxylation is 1. The molecule has 1 N–H and O–H groups in total. The zero-order valence-electron chi connectivity index (χ0n) is 14.8. The van der Waals surface area contributed by atoms with E-state index in [1.54, 1.807) is 0 Å². The van der Waals surface area contributed by atoms with E-state index in [9.17, 15) is 4.79 Å². The predicted molar refractivity (Wildman–Crippen MR) is 94.2 cm³/mol. The maximum atomic E-state index is 11.3.